The number of hydrogen-bond acceptors (Lipinski definition) is 2. The fourth-order valence-electron chi connectivity index (χ4n) is 2.19. The van der Waals surface area contributed by atoms with E-state index in [2.05, 4.69) is 42.3 Å². The molecule has 0 spiro atoms. The number of hydrogen-bond donors (Lipinski definition) is 1. The lowest BCUT2D eigenvalue weighted by molar-refractivity contribution is 0.232. The number of nitrogens with zero attached hydrogens (tertiary/aromatic N) is 1. The van der Waals surface area contributed by atoms with Crippen molar-refractivity contribution in [2.24, 2.45) is 0 Å². The van der Waals surface area contributed by atoms with Crippen molar-refractivity contribution in [1.82, 2.24) is 10.2 Å². The van der Waals surface area contributed by atoms with Crippen LogP contribution in [0.3, 0.4) is 0 Å². The van der Waals surface area contributed by atoms with E-state index in [9.17, 15) is 0 Å². The van der Waals surface area contributed by atoms with Gasteiger partial charge in [0.15, 0.2) is 0 Å². The highest BCUT2D eigenvalue weighted by Gasteiger charge is 2.11. The first kappa shape index (κ1) is 13.5. The van der Waals surface area contributed by atoms with Gasteiger partial charge in [0.25, 0.3) is 0 Å². The third-order valence-corrected chi connectivity index (χ3v) is 3.24. The molecular formula is C13H21ClN2. The monoisotopic (exact) mass is 240 g/mol. The van der Waals surface area contributed by atoms with Crippen LogP contribution in [0.4, 0.5) is 0 Å². The van der Waals surface area contributed by atoms with Gasteiger partial charge in [0.2, 0.25) is 0 Å². The summed E-state index contributed by atoms with van der Waals surface area (Å²) in [6.07, 6.45) is 0. The molecule has 0 saturated carbocycles. The highest BCUT2D eigenvalue weighted by Crippen LogP contribution is 2.15. The number of nitrogens with one attached hydrogen (secondary N) is 1. The van der Waals surface area contributed by atoms with Crippen molar-refractivity contribution in [2.75, 3.05) is 26.2 Å². The van der Waals surface area contributed by atoms with E-state index < -0.39 is 0 Å². The van der Waals surface area contributed by atoms with E-state index in [1.807, 2.05) is 0 Å². The second-order valence-electron chi connectivity index (χ2n) is 4.40. The molecule has 1 aromatic carbocycles. The molecule has 0 amide bonds. The molecule has 0 bridgehead atoms. The normalized spacial score (nSPS) is 16.9. The zero-order valence-corrected chi connectivity index (χ0v) is 10.9. The molecular weight excluding hydrogens is 220 g/mol. The molecule has 3 heteroatoms. The van der Waals surface area contributed by atoms with Gasteiger partial charge in [-0.15, -0.1) is 12.4 Å². The van der Waals surface area contributed by atoms with Crippen LogP contribution in [0.5, 0.6) is 0 Å². The highest BCUT2D eigenvalue weighted by atomic mass is 35.5. The molecule has 0 aromatic heterocycles. The molecule has 1 heterocycles. The van der Waals surface area contributed by atoms with Crippen molar-refractivity contribution < 1.29 is 0 Å². The zero-order chi connectivity index (χ0) is 10.7. The first-order chi connectivity index (χ1) is 7.27. The molecule has 0 aliphatic carbocycles. The Hall–Kier alpha value is -0.570. The van der Waals surface area contributed by atoms with Crippen molar-refractivity contribution in [3.63, 3.8) is 0 Å². The van der Waals surface area contributed by atoms with Crippen LogP contribution in [-0.4, -0.2) is 31.1 Å². The molecule has 1 saturated heterocycles. The van der Waals surface area contributed by atoms with Crippen LogP contribution in [0.1, 0.15) is 16.7 Å². The van der Waals surface area contributed by atoms with E-state index in [-0.39, 0.29) is 12.4 Å². The van der Waals surface area contributed by atoms with Gasteiger partial charge in [0.05, 0.1) is 0 Å². The molecule has 0 atom stereocenters. The summed E-state index contributed by atoms with van der Waals surface area (Å²) in [5.74, 6) is 0. The minimum absolute atomic E-state index is 0. The van der Waals surface area contributed by atoms with Crippen molar-refractivity contribution in [3.8, 4) is 0 Å². The summed E-state index contributed by atoms with van der Waals surface area (Å²) in [6, 6.07) is 6.57. The molecule has 1 N–H and O–H groups in total. The average Bonchev–Trinajstić information content (AvgIpc) is 2.25. The van der Waals surface area contributed by atoms with Crippen LogP contribution in [0.2, 0.25) is 0 Å². The third-order valence-electron chi connectivity index (χ3n) is 3.24. The minimum atomic E-state index is 0. The van der Waals surface area contributed by atoms with Crippen molar-refractivity contribution >= 4 is 12.4 Å². The SMILES string of the molecule is Cc1cccc(C)c1CN1CCNCC1.Cl. The summed E-state index contributed by atoms with van der Waals surface area (Å²) in [5, 5.41) is 3.39. The molecule has 0 unspecified atom stereocenters. The van der Waals surface area contributed by atoms with E-state index in [4.69, 9.17) is 0 Å². The first-order valence-electron chi connectivity index (χ1n) is 5.75. The quantitative estimate of drug-likeness (QED) is 0.852. The molecule has 1 fully saturated rings. The summed E-state index contributed by atoms with van der Waals surface area (Å²) >= 11 is 0. The van der Waals surface area contributed by atoms with Gasteiger partial charge in [-0.1, -0.05) is 18.2 Å². The standard InChI is InChI=1S/C13H20N2.ClH/c1-11-4-3-5-12(2)13(11)10-15-8-6-14-7-9-15;/h3-5,14H,6-10H2,1-2H3;1H. The Morgan fingerprint density at radius 3 is 2.25 bits per heavy atom. The molecule has 16 heavy (non-hydrogen) atoms. The van der Waals surface area contributed by atoms with Crippen LogP contribution >= 0.6 is 12.4 Å². The molecule has 1 aromatic rings. The topological polar surface area (TPSA) is 15.3 Å². The highest BCUT2D eigenvalue weighted by molar-refractivity contribution is 5.85. The Labute approximate surface area is 104 Å². The van der Waals surface area contributed by atoms with Crippen LogP contribution in [0.25, 0.3) is 0 Å². The Morgan fingerprint density at radius 2 is 1.69 bits per heavy atom. The van der Waals surface area contributed by atoms with Gasteiger partial charge in [-0.05, 0) is 30.5 Å². The maximum absolute atomic E-state index is 3.39. The van der Waals surface area contributed by atoms with Crippen LogP contribution < -0.4 is 5.32 Å². The van der Waals surface area contributed by atoms with Gasteiger partial charge >= 0.3 is 0 Å². The van der Waals surface area contributed by atoms with Gasteiger partial charge < -0.3 is 5.32 Å². The molecule has 2 rings (SSSR count). The molecule has 2 nitrogen and oxygen atoms in total. The van der Waals surface area contributed by atoms with Gasteiger partial charge in [0, 0.05) is 32.7 Å². The number of piperazine rings is 1. The fraction of sp³-hybridized carbons (Fsp3) is 0.538. The van der Waals surface area contributed by atoms with E-state index >= 15 is 0 Å². The van der Waals surface area contributed by atoms with Crippen molar-refractivity contribution in [3.05, 3.63) is 34.9 Å². The maximum atomic E-state index is 3.39. The minimum Gasteiger partial charge on any atom is -0.314 e. The predicted molar refractivity (Wildman–Crippen MR) is 71.3 cm³/mol. The van der Waals surface area contributed by atoms with Crippen LogP contribution in [0, 0.1) is 13.8 Å². The second-order valence-corrected chi connectivity index (χ2v) is 4.40. The van der Waals surface area contributed by atoms with Crippen molar-refractivity contribution in [1.29, 1.82) is 0 Å². The molecule has 90 valence electrons. The average molecular weight is 241 g/mol. The summed E-state index contributed by atoms with van der Waals surface area (Å²) in [6.45, 7) is 10.1. The summed E-state index contributed by atoms with van der Waals surface area (Å²) in [5.41, 5.74) is 4.36. The number of aryl methyl sites for hydroxylation is 2. The molecule has 0 radical (unpaired) electrons. The first-order valence-corrected chi connectivity index (χ1v) is 5.75. The van der Waals surface area contributed by atoms with Crippen LogP contribution in [-0.2, 0) is 6.54 Å². The number of rotatable bonds is 2. The molecule has 1 aliphatic heterocycles. The lowest BCUT2D eigenvalue weighted by Gasteiger charge is -2.28. The Balaban J connectivity index is 0.00000128. The molecule has 1 aliphatic rings. The van der Waals surface area contributed by atoms with E-state index in [0.29, 0.717) is 0 Å². The Bertz CT molecular complexity index is 312. The number of benzene rings is 1. The predicted octanol–water partition coefficient (Wildman–Crippen LogP) is 2.13. The van der Waals surface area contributed by atoms with Gasteiger partial charge in [0.1, 0.15) is 0 Å². The van der Waals surface area contributed by atoms with Gasteiger partial charge in [-0.2, -0.15) is 0 Å². The van der Waals surface area contributed by atoms with Crippen molar-refractivity contribution in [2.45, 2.75) is 20.4 Å². The van der Waals surface area contributed by atoms with E-state index in [1.54, 1.807) is 0 Å². The van der Waals surface area contributed by atoms with Gasteiger partial charge in [-0.3, -0.25) is 4.90 Å². The zero-order valence-electron chi connectivity index (χ0n) is 10.1. The third kappa shape index (κ3) is 3.21. The largest absolute Gasteiger partial charge is 0.314 e. The Morgan fingerprint density at radius 1 is 1.12 bits per heavy atom. The van der Waals surface area contributed by atoms with E-state index in [0.717, 1.165) is 19.6 Å². The van der Waals surface area contributed by atoms with Gasteiger partial charge in [-0.25, -0.2) is 0 Å². The smallest absolute Gasteiger partial charge is 0.0240 e. The van der Waals surface area contributed by atoms with E-state index in [1.165, 1.54) is 29.8 Å². The second kappa shape index (κ2) is 6.24. The summed E-state index contributed by atoms with van der Waals surface area (Å²) in [4.78, 5) is 2.53. The lowest BCUT2D eigenvalue weighted by atomic mass is 10.0. The Kier molecular flexibility index (Phi) is 5.26. The number of halogens is 1. The summed E-state index contributed by atoms with van der Waals surface area (Å²) in [7, 11) is 0. The summed E-state index contributed by atoms with van der Waals surface area (Å²) < 4.78 is 0. The lowest BCUT2D eigenvalue weighted by Crippen LogP contribution is -2.43. The fourth-order valence-corrected chi connectivity index (χ4v) is 2.19. The van der Waals surface area contributed by atoms with Crippen LogP contribution in [0.15, 0.2) is 18.2 Å². The maximum Gasteiger partial charge on any atom is 0.0240 e.